The molecule has 0 amide bonds. The van der Waals surface area contributed by atoms with Crippen molar-refractivity contribution in [2.24, 2.45) is 0 Å². The van der Waals surface area contributed by atoms with E-state index in [9.17, 15) is 0 Å². The molecule has 0 spiro atoms. The average molecular weight is 327 g/mol. The second-order valence-electron chi connectivity index (χ2n) is 4.91. The lowest BCUT2D eigenvalue weighted by molar-refractivity contribution is 0.340. The second kappa shape index (κ2) is 8.21. The van der Waals surface area contributed by atoms with E-state index >= 15 is 0 Å². The zero-order valence-corrected chi connectivity index (χ0v) is 14.2. The molecule has 0 saturated heterocycles. The highest BCUT2D eigenvalue weighted by molar-refractivity contribution is 6.37. The summed E-state index contributed by atoms with van der Waals surface area (Å²) < 4.78 is 5.40. The van der Waals surface area contributed by atoms with E-state index in [4.69, 9.17) is 27.9 Å². The summed E-state index contributed by atoms with van der Waals surface area (Å²) in [7, 11) is 0. The smallest absolute Gasteiger partial charge is 0.156 e. The molecule has 0 unspecified atom stereocenters. The molecule has 1 N–H and O–H groups in total. The standard InChI is InChI=1S/C14H21Cl2NO.ClH/c1-5-14(3,4)17-9-10-7-11(15)13(18-6-2)12(16)8-10;/h7-8,17H,5-6,9H2,1-4H3;1H. The van der Waals surface area contributed by atoms with Crippen LogP contribution in [-0.2, 0) is 6.54 Å². The van der Waals surface area contributed by atoms with E-state index in [1.807, 2.05) is 19.1 Å². The number of halogens is 3. The fourth-order valence-corrected chi connectivity index (χ4v) is 2.10. The third kappa shape index (κ3) is 5.78. The van der Waals surface area contributed by atoms with Crippen LogP contribution in [0, 0.1) is 0 Å². The Morgan fingerprint density at radius 2 is 1.68 bits per heavy atom. The maximum absolute atomic E-state index is 6.16. The number of benzene rings is 1. The third-order valence-electron chi connectivity index (χ3n) is 3.00. The summed E-state index contributed by atoms with van der Waals surface area (Å²) in [4.78, 5) is 0. The molecule has 5 heteroatoms. The van der Waals surface area contributed by atoms with E-state index in [-0.39, 0.29) is 17.9 Å². The zero-order chi connectivity index (χ0) is 13.8. The molecule has 0 radical (unpaired) electrons. The van der Waals surface area contributed by atoms with Gasteiger partial charge in [-0.3, -0.25) is 0 Å². The highest BCUT2D eigenvalue weighted by Crippen LogP contribution is 2.34. The molecule has 0 aliphatic rings. The van der Waals surface area contributed by atoms with Gasteiger partial charge in [-0.25, -0.2) is 0 Å². The van der Waals surface area contributed by atoms with Gasteiger partial charge in [0.15, 0.2) is 5.75 Å². The molecule has 110 valence electrons. The molecular formula is C14H22Cl3NO. The summed E-state index contributed by atoms with van der Waals surface area (Å²) in [5.74, 6) is 0.569. The molecule has 0 atom stereocenters. The van der Waals surface area contributed by atoms with Gasteiger partial charge in [-0.2, -0.15) is 0 Å². The third-order valence-corrected chi connectivity index (χ3v) is 3.56. The van der Waals surface area contributed by atoms with Crippen molar-refractivity contribution >= 4 is 35.6 Å². The van der Waals surface area contributed by atoms with Crippen molar-refractivity contribution in [1.82, 2.24) is 5.32 Å². The average Bonchev–Trinajstić information content (AvgIpc) is 2.31. The predicted octanol–water partition coefficient (Wildman–Crippen LogP) is 5.09. The molecule has 2 nitrogen and oxygen atoms in total. The van der Waals surface area contributed by atoms with Crippen molar-refractivity contribution in [2.75, 3.05) is 6.61 Å². The summed E-state index contributed by atoms with van der Waals surface area (Å²) in [5, 5.41) is 4.60. The zero-order valence-electron chi connectivity index (χ0n) is 11.8. The molecule has 0 heterocycles. The van der Waals surface area contributed by atoms with Crippen molar-refractivity contribution in [1.29, 1.82) is 0 Å². The van der Waals surface area contributed by atoms with Gasteiger partial charge in [-0.05, 0) is 44.9 Å². The molecule has 0 aliphatic carbocycles. The lowest BCUT2D eigenvalue weighted by Crippen LogP contribution is -2.37. The van der Waals surface area contributed by atoms with Crippen LogP contribution in [0.3, 0.4) is 0 Å². The van der Waals surface area contributed by atoms with Gasteiger partial charge in [0.05, 0.1) is 16.7 Å². The Labute approximate surface area is 132 Å². The minimum atomic E-state index is 0. The van der Waals surface area contributed by atoms with Crippen LogP contribution in [0.15, 0.2) is 12.1 Å². The molecule has 19 heavy (non-hydrogen) atoms. The van der Waals surface area contributed by atoms with E-state index in [0.717, 1.165) is 18.5 Å². The number of nitrogens with one attached hydrogen (secondary N) is 1. The number of hydrogen-bond acceptors (Lipinski definition) is 2. The first kappa shape index (κ1) is 18.9. The largest absolute Gasteiger partial charge is 0.491 e. The summed E-state index contributed by atoms with van der Waals surface area (Å²) in [6.45, 7) is 9.71. The van der Waals surface area contributed by atoms with E-state index in [1.165, 1.54) is 0 Å². The lowest BCUT2D eigenvalue weighted by Gasteiger charge is -2.24. The van der Waals surface area contributed by atoms with Crippen molar-refractivity contribution in [3.05, 3.63) is 27.7 Å². The first-order valence-corrected chi connectivity index (χ1v) is 7.01. The summed E-state index contributed by atoms with van der Waals surface area (Å²) in [6.07, 6.45) is 1.06. The minimum absolute atomic E-state index is 0. The summed E-state index contributed by atoms with van der Waals surface area (Å²) in [5.41, 5.74) is 1.17. The van der Waals surface area contributed by atoms with Gasteiger partial charge in [0, 0.05) is 12.1 Å². The Bertz CT molecular complexity index is 385. The van der Waals surface area contributed by atoms with Crippen LogP contribution in [0.1, 0.15) is 39.7 Å². The molecular weight excluding hydrogens is 305 g/mol. The van der Waals surface area contributed by atoms with Gasteiger partial charge in [-0.15, -0.1) is 12.4 Å². The van der Waals surface area contributed by atoms with Crippen LogP contribution >= 0.6 is 35.6 Å². The van der Waals surface area contributed by atoms with Crippen molar-refractivity contribution in [3.8, 4) is 5.75 Å². The Morgan fingerprint density at radius 1 is 1.16 bits per heavy atom. The lowest BCUT2D eigenvalue weighted by atomic mass is 10.0. The molecule has 1 rings (SSSR count). The van der Waals surface area contributed by atoms with Crippen molar-refractivity contribution in [2.45, 2.75) is 46.2 Å². The Morgan fingerprint density at radius 3 is 2.11 bits per heavy atom. The predicted molar refractivity (Wildman–Crippen MR) is 86.1 cm³/mol. The highest BCUT2D eigenvalue weighted by Gasteiger charge is 2.15. The fraction of sp³-hybridized carbons (Fsp3) is 0.571. The van der Waals surface area contributed by atoms with Gasteiger partial charge in [-0.1, -0.05) is 30.1 Å². The van der Waals surface area contributed by atoms with Crippen molar-refractivity contribution < 1.29 is 4.74 Å². The quantitative estimate of drug-likeness (QED) is 0.786. The van der Waals surface area contributed by atoms with Gasteiger partial charge in [0.2, 0.25) is 0 Å². The molecule has 0 bridgehead atoms. The molecule has 1 aromatic rings. The van der Waals surface area contributed by atoms with Crippen LogP contribution in [0.2, 0.25) is 10.0 Å². The topological polar surface area (TPSA) is 21.3 Å². The van der Waals surface area contributed by atoms with Crippen LogP contribution in [0.4, 0.5) is 0 Å². The SMILES string of the molecule is CCOc1c(Cl)cc(CNC(C)(C)CC)cc1Cl.Cl. The normalized spacial score (nSPS) is 11.1. The fourth-order valence-electron chi connectivity index (χ4n) is 1.46. The van der Waals surface area contributed by atoms with Gasteiger partial charge in [0.25, 0.3) is 0 Å². The first-order chi connectivity index (χ1) is 8.39. The highest BCUT2D eigenvalue weighted by atomic mass is 35.5. The minimum Gasteiger partial charge on any atom is -0.491 e. The molecule has 0 aromatic heterocycles. The van der Waals surface area contributed by atoms with Crippen LogP contribution in [0.5, 0.6) is 5.75 Å². The first-order valence-electron chi connectivity index (χ1n) is 6.25. The van der Waals surface area contributed by atoms with E-state index in [0.29, 0.717) is 22.4 Å². The molecule has 1 aromatic carbocycles. The van der Waals surface area contributed by atoms with E-state index < -0.39 is 0 Å². The van der Waals surface area contributed by atoms with E-state index in [2.05, 4.69) is 26.1 Å². The van der Waals surface area contributed by atoms with Crippen LogP contribution in [-0.4, -0.2) is 12.1 Å². The monoisotopic (exact) mass is 325 g/mol. The number of rotatable bonds is 6. The summed E-state index contributed by atoms with van der Waals surface area (Å²) >= 11 is 12.3. The van der Waals surface area contributed by atoms with Gasteiger partial charge < -0.3 is 10.1 Å². The summed E-state index contributed by atoms with van der Waals surface area (Å²) in [6, 6.07) is 3.80. The van der Waals surface area contributed by atoms with Crippen LogP contribution in [0.25, 0.3) is 0 Å². The van der Waals surface area contributed by atoms with Gasteiger partial charge >= 0.3 is 0 Å². The Kier molecular flexibility index (Phi) is 8.14. The molecule has 0 fully saturated rings. The number of ether oxygens (including phenoxy) is 1. The Balaban J connectivity index is 0.00000324. The number of hydrogen-bond donors (Lipinski definition) is 1. The second-order valence-corrected chi connectivity index (χ2v) is 5.73. The van der Waals surface area contributed by atoms with Crippen LogP contribution < -0.4 is 10.1 Å². The maximum atomic E-state index is 6.16. The van der Waals surface area contributed by atoms with Crippen molar-refractivity contribution in [3.63, 3.8) is 0 Å². The molecule has 0 aliphatic heterocycles. The van der Waals surface area contributed by atoms with E-state index in [1.54, 1.807) is 0 Å². The Hall–Kier alpha value is -0.150. The molecule has 0 saturated carbocycles. The van der Waals surface area contributed by atoms with Gasteiger partial charge in [0.1, 0.15) is 0 Å². The maximum Gasteiger partial charge on any atom is 0.156 e.